The van der Waals surface area contributed by atoms with Crippen LogP contribution in [0.5, 0.6) is 5.88 Å². The van der Waals surface area contributed by atoms with E-state index in [1.807, 2.05) is 55.0 Å². The average molecular weight is 674 g/mol. The second-order valence-electron chi connectivity index (χ2n) is 13.8. The number of hydrogen-bond donors (Lipinski definition) is 2. The van der Waals surface area contributed by atoms with Gasteiger partial charge in [0.15, 0.2) is 5.82 Å². The Hall–Kier alpha value is -5.36. The Kier molecular flexibility index (Phi) is 8.96. The minimum atomic E-state index is -0.518. The smallest absolute Gasteiger partial charge is 0.237 e. The van der Waals surface area contributed by atoms with Gasteiger partial charge in [0.1, 0.15) is 6.33 Å². The molecule has 7 rings (SSSR count). The molecular formula is C38H43N9O3. The monoisotopic (exact) mass is 673 g/mol. The fraction of sp³-hybridized carbons (Fsp3) is 0.368. The lowest BCUT2D eigenvalue weighted by molar-refractivity contribution is -0.132. The summed E-state index contributed by atoms with van der Waals surface area (Å²) in [6.45, 7) is 7.25. The number of hydrogen-bond acceptors (Lipinski definition) is 9. The van der Waals surface area contributed by atoms with Gasteiger partial charge in [-0.25, -0.2) is 9.97 Å². The number of pyridine rings is 1. The molecule has 2 amide bonds. The summed E-state index contributed by atoms with van der Waals surface area (Å²) in [5.74, 6) is 1.31. The summed E-state index contributed by atoms with van der Waals surface area (Å²) in [5.41, 5.74) is 11.8. The molecule has 5 heterocycles. The summed E-state index contributed by atoms with van der Waals surface area (Å²) in [5, 5.41) is 13.3. The zero-order valence-electron chi connectivity index (χ0n) is 28.8. The van der Waals surface area contributed by atoms with Crippen LogP contribution >= 0.6 is 0 Å². The van der Waals surface area contributed by atoms with Crippen LogP contribution in [0, 0.1) is 10.8 Å². The second kappa shape index (κ2) is 13.5. The number of anilines is 2. The summed E-state index contributed by atoms with van der Waals surface area (Å²) in [4.78, 5) is 41.8. The minimum absolute atomic E-state index is 0.0413. The van der Waals surface area contributed by atoms with Gasteiger partial charge in [0.05, 0.1) is 23.8 Å². The number of aryl methyl sites for hydroxylation is 1. The number of aromatic nitrogens is 4. The molecule has 12 heteroatoms. The Morgan fingerprint density at radius 1 is 1.02 bits per heavy atom. The third kappa shape index (κ3) is 6.62. The Morgan fingerprint density at radius 3 is 2.52 bits per heavy atom. The van der Waals surface area contributed by atoms with Gasteiger partial charge in [0.25, 0.3) is 0 Å². The van der Waals surface area contributed by atoms with E-state index >= 15 is 0 Å². The third-order valence-electron chi connectivity index (χ3n) is 9.98. The van der Waals surface area contributed by atoms with E-state index in [1.54, 1.807) is 35.4 Å². The maximum Gasteiger partial charge on any atom is 0.237 e. The highest BCUT2D eigenvalue weighted by molar-refractivity contribution is 6.15. The average Bonchev–Trinajstić information content (AvgIpc) is 3.83. The number of likely N-dealkylation sites (tertiary alicyclic amines) is 1. The second-order valence-corrected chi connectivity index (χ2v) is 13.8. The molecule has 258 valence electrons. The summed E-state index contributed by atoms with van der Waals surface area (Å²) in [6.07, 6.45) is 7.65. The first kappa shape index (κ1) is 33.2. The molecule has 2 aromatic carbocycles. The van der Waals surface area contributed by atoms with Gasteiger partial charge in [-0.15, -0.1) is 0 Å². The van der Waals surface area contributed by atoms with Crippen molar-refractivity contribution in [1.82, 2.24) is 29.5 Å². The molecule has 0 saturated carbocycles. The highest BCUT2D eigenvalue weighted by Gasteiger charge is 2.51. The van der Waals surface area contributed by atoms with Gasteiger partial charge in [-0.1, -0.05) is 30.3 Å². The van der Waals surface area contributed by atoms with Crippen LogP contribution in [0.4, 0.5) is 11.4 Å². The van der Waals surface area contributed by atoms with E-state index in [1.165, 1.54) is 5.57 Å². The molecule has 0 unspecified atom stereocenters. The van der Waals surface area contributed by atoms with Crippen molar-refractivity contribution in [3.05, 3.63) is 89.9 Å². The Bertz CT molecular complexity index is 1970. The Balaban J connectivity index is 0.959. The molecule has 3 aliphatic heterocycles. The number of carbonyl (C=O) groups is 2. The van der Waals surface area contributed by atoms with Gasteiger partial charge in [-0.2, -0.15) is 5.10 Å². The number of ether oxygens (including phenoxy) is 1. The molecule has 0 bridgehead atoms. The SMILES string of the molecule is CC(C)Oc1cc(C(=N)c2cc(N3CC[C@]4(CCN(CC(=O)N5CC=C(c6ccc(-c7ncn(C)n7)cc6)CC5)C4)C3=O)ccc2N)ccn1. The number of amides is 2. The highest BCUT2D eigenvalue weighted by Crippen LogP contribution is 2.43. The zero-order valence-corrected chi connectivity index (χ0v) is 28.8. The quantitative estimate of drug-likeness (QED) is 0.196. The number of nitrogens with zero attached hydrogens (tertiary/aromatic N) is 7. The van der Waals surface area contributed by atoms with Gasteiger partial charge in [0.2, 0.25) is 17.7 Å². The molecule has 1 spiro atoms. The highest BCUT2D eigenvalue weighted by atomic mass is 16.5. The topological polar surface area (TPSA) is 147 Å². The van der Waals surface area contributed by atoms with Crippen molar-refractivity contribution in [2.45, 2.75) is 39.2 Å². The van der Waals surface area contributed by atoms with Gasteiger partial charge in [-0.3, -0.25) is 24.6 Å². The van der Waals surface area contributed by atoms with Crippen molar-refractivity contribution >= 4 is 34.5 Å². The predicted molar refractivity (Wildman–Crippen MR) is 193 cm³/mol. The first-order chi connectivity index (χ1) is 24.1. The standard InChI is InChI=1S/C38H43N9O3/c1-25(2)50-33-20-29(10-15-41-33)35(40)31-21-30(8-9-32(31)39)47-19-14-38(37(47)49)13-18-45(23-38)22-34(48)46-16-11-27(12-17-46)26-4-6-28(7-5-26)36-42-24-44(3)43-36/h4-11,15,20-21,24-25,40H,12-14,16-19,22-23,39H2,1-3H3/t38-/m0/s1. The molecule has 4 aromatic rings. The van der Waals surface area contributed by atoms with Crippen molar-refractivity contribution in [2.24, 2.45) is 12.5 Å². The van der Waals surface area contributed by atoms with E-state index in [2.05, 4.69) is 38.2 Å². The first-order valence-electron chi connectivity index (χ1n) is 17.2. The lowest BCUT2D eigenvalue weighted by Gasteiger charge is -2.29. The molecule has 2 fully saturated rings. The normalized spacial score (nSPS) is 19.4. The third-order valence-corrected chi connectivity index (χ3v) is 9.98. The van der Waals surface area contributed by atoms with E-state index < -0.39 is 5.41 Å². The van der Waals surface area contributed by atoms with Crippen molar-refractivity contribution < 1.29 is 14.3 Å². The fourth-order valence-corrected chi connectivity index (χ4v) is 7.25. The number of benzene rings is 2. The van der Waals surface area contributed by atoms with Crippen LogP contribution in [-0.2, 0) is 16.6 Å². The van der Waals surface area contributed by atoms with Gasteiger partial charge in [0, 0.05) is 73.6 Å². The molecule has 12 nitrogen and oxygen atoms in total. The zero-order chi connectivity index (χ0) is 35.0. The van der Waals surface area contributed by atoms with Crippen LogP contribution in [-0.4, -0.2) is 92.4 Å². The van der Waals surface area contributed by atoms with Crippen molar-refractivity contribution in [1.29, 1.82) is 5.41 Å². The molecule has 2 aromatic heterocycles. The molecule has 50 heavy (non-hydrogen) atoms. The molecular weight excluding hydrogens is 630 g/mol. The van der Waals surface area contributed by atoms with Gasteiger partial charge >= 0.3 is 0 Å². The Morgan fingerprint density at radius 2 is 1.80 bits per heavy atom. The molecule has 2 saturated heterocycles. The predicted octanol–water partition coefficient (Wildman–Crippen LogP) is 4.41. The van der Waals surface area contributed by atoms with Gasteiger partial charge in [-0.05, 0) is 75.1 Å². The van der Waals surface area contributed by atoms with Crippen LogP contribution < -0.4 is 15.4 Å². The van der Waals surface area contributed by atoms with E-state index in [4.69, 9.17) is 15.9 Å². The number of nitrogens with one attached hydrogen (secondary N) is 1. The summed E-state index contributed by atoms with van der Waals surface area (Å²) >= 11 is 0. The lowest BCUT2D eigenvalue weighted by Crippen LogP contribution is -2.43. The van der Waals surface area contributed by atoms with E-state index in [9.17, 15) is 9.59 Å². The maximum absolute atomic E-state index is 14.0. The first-order valence-corrected chi connectivity index (χ1v) is 17.2. The molecule has 0 aliphatic carbocycles. The number of carbonyl (C=O) groups excluding carboxylic acids is 2. The van der Waals surface area contributed by atoms with Crippen LogP contribution in [0.2, 0.25) is 0 Å². The minimum Gasteiger partial charge on any atom is -0.475 e. The van der Waals surface area contributed by atoms with E-state index in [-0.39, 0.29) is 23.6 Å². The Labute approximate surface area is 292 Å². The molecule has 3 N–H and O–H groups in total. The van der Waals surface area contributed by atoms with Crippen LogP contribution in [0.3, 0.4) is 0 Å². The summed E-state index contributed by atoms with van der Waals surface area (Å²) in [6, 6.07) is 17.2. The van der Waals surface area contributed by atoms with Crippen LogP contribution in [0.25, 0.3) is 17.0 Å². The van der Waals surface area contributed by atoms with Crippen LogP contribution in [0.1, 0.15) is 49.8 Å². The van der Waals surface area contributed by atoms with E-state index in [0.29, 0.717) is 67.8 Å². The lowest BCUT2D eigenvalue weighted by atomic mass is 9.85. The number of nitrogens with two attached hydrogens (primary N) is 1. The van der Waals surface area contributed by atoms with Gasteiger partial charge < -0.3 is 20.3 Å². The molecule has 0 radical (unpaired) electrons. The summed E-state index contributed by atoms with van der Waals surface area (Å²) in [7, 11) is 1.85. The number of rotatable bonds is 9. The maximum atomic E-state index is 14.0. The largest absolute Gasteiger partial charge is 0.475 e. The van der Waals surface area contributed by atoms with Crippen molar-refractivity contribution in [2.75, 3.05) is 49.9 Å². The molecule has 3 aliphatic rings. The number of nitrogen functional groups attached to an aromatic ring is 1. The molecule has 1 atom stereocenters. The van der Waals surface area contributed by atoms with E-state index in [0.717, 1.165) is 36.1 Å². The fourth-order valence-electron chi connectivity index (χ4n) is 7.25. The summed E-state index contributed by atoms with van der Waals surface area (Å²) < 4.78 is 7.41. The van der Waals surface area contributed by atoms with Crippen LogP contribution in [0.15, 0.2) is 73.2 Å². The van der Waals surface area contributed by atoms with Crippen molar-refractivity contribution in [3.8, 4) is 17.3 Å². The van der Waals surface area contributed by atoms with Crippen molar-refractivity contribution in [3.63, 3.8) is 0 Å².